The molecule has 0 aliphatic carbocycles. The Hall–Kier alpha value is -2.46. The number of aryl methyl sites for hydroxylation is 1. The molecule has 4 nitrogen and oxygen atoms in total. The van der Waals surface area contributed by atoms with Crippen LogP contribution in [-0.4, -0.2) is 23.1 Å². The van der Waals surface area contributed by atoms with Gasteiger partial charge in [0, 0.05) is 28.0 Å². The van der Waals surface area contributed by atoms with Crippen molar-refractivity contribution >= 4 is 28.8 Å². The van der Waals surface area contributed by atoms with Crippen LogP contribution >= 0.6 is 11.6 Å². The van der Waals surface area contributed by atoms with Gasteiger partial charge in [0.25, 0.3) is 0 Å². The van der Waals surface area contributed by atoms with Crippen LogP contribution in [0, 0.1) is 6.92 Å². The first kappa shape index (κ1) is 14.2. The summed E-state index contributed by atoms with van der Waals surface area (Å²) in [6, 6.07) is 9.76. The Labute approximate surface area is 139 Å². The van der Waals surface area contributed by atoms with Crippen LogP contribution in [0.2, 0.25) is 5.02 Å². The Morgan fingerprint density at radius 3 is 2.78 bits per heavy atom. The fourth-order valence-electron chi connectivity index (χ4n) is 2.81. The summed E-state index contributed by atoms with van der Waals surface area (Å²) in [5, 5.41) is 4.08. The van der Waals surface area contributed by atoms with E-state index in [1.165, 1.54) is 0 Å². The molecule has 0 saturated carbocycles. The minimum absolute atomic E-state index is 0.675. The van der Waals surface area contributed by atoms with Gasteiger partial charge in [-0.15, -0.1) is 0 Å². The Morgan fingerprint density at radius 2 is 1.96 bits per heavy atom. The molecular weight excluding hydrogens is 308 g/mol. The molecule has 3 heterocycles. The first-order chi connectivity index (χ1) is 11.1. The van der Waals surface area contributed by atoms with E-state index in [0.29, 0.717) is 11.6 Å². The van der Waals surface area contributed by atoms with Crippen LogP contribution in [0.5, 0.6) is 0 Å². The van der Waals surface area contributed by atoms with Crippen molar-refractivity contribution in [2.24, 2.45) is 9.98 Å². The number of fused-ring (bicyclic) bond motifs is 2. The number of pyridine rings is 1. The van der Waals surface area contributed by atoms with Crippen molar-refractivity contribution in [3.05, 3.63) is 69.6 Å². The first-order valence-corrected chi connectivity index (χ1v) is 7.83. The third-order valence-corrected chi connectivity index (χ3v) is 4.33. The number of nitrogens with one attached hydrogen (secondary N) is 1. The molecule has 0 bridgehead atoms. The Balaban J connectivity index is 2.01. The summed E-state index contributed by atoms with van der Waals surface area (Å²) >= 11 is 6.42. The first-order valence-electron chi connectivity index (χ1n) is 7.45. The highest BCUT2D eigenvalue weighted by Crippen LogP contribution is 2.31. The zero-order valence-corrected chi connectivity index (χ0v) is 13.6. The number of nitrogens with zero attached hydrogens (tertiary/aromatic N) is 3. The normalized spacial score (nSPS) is 16.1. The zero-order valence-electron chi connectivity index (χ0n) is 12.9. The summed E-state index contributed by atoms with van der Waals surface area (Å²) in [6.07, 6.45) is 1.84. The predicted molar refractivity (Wildman–Crippen MR) is 94.7 cm³/mol. The summed E-state index contributed by atoms with van der Waals surface area (Å²) in [7, 11) is 0. The van der Waals surface area contributed by atoms with Crippen LogP contribution in [0.3, 0.4) is 0 Å². The SMILES string of the molecule is CC1=C2N=C(c3ccccc3Cl)c3cnc(C)cc3NC2=NC1. The van der Waals surface area contributed by atoms with Crippen molar-refractivity contribution in [3.63, 3.8) is 0 Å². The van der Waals surface area contributed by atoms with Crippen LogP contribution in [0.25, 0.3) is 0 Å². The molecule has 0 unspecified atom stereocenters. The van der Waals surface area contributed by atoms with Gasteiger partial charge in [-0.3, -0.25) is 9.98 Å². The summed E-state index contributed by atoms with van der Waals surface area (Å²) < 4.78 is 0. The fraction of sp³-hybridized carbons (Fsp3) is 0.167. The lowest BCUT2D eigenvalue weighted by atomic mass is 10.0. The maximum atomic E-state index is 6.42. The van der Waals surface area contributed by atoms with Crippen molar-refractivity contribution in [1.82, 2.24) is 4.98 Å². The van der Waals surface area contributed by atoms with Crippen LogP contribution in [0.4, 0.5) is 5.69 Å². The van der Waals surface area contributed by atoms with Crippen molar-refractivity contribution in [2.45, 2.75) is 13.8 Å². The largest absolute Gasteiger partial charge is 0.338 e. The second kappa shape index (κ2) is 5.32. The smallest absolute Gasteiger partial charge is 0.152 e. The van der Waals surface area contributed by atoms with Gasteiger partial charge in [0.15, 0.2) is 5.84 Å². The van der Waals surface area contributed by atoms with Gasteiger partial charge in [-0.25, -0.2) is 4.99 Å². The number of hydrogen-bond acceptors (Lipinski definition) is 4. The number of aliphatic imine (C=N–C) groups is 2. The molecule has 2 aliphatic rings. The number of rotatable bonds is 1. The standard InChI is InChI=1S/C18H15ClN4/c1-10-8-21-18-16(10)23-17(12-5-3-4-6-14(12)19)13-9-20-11(2)7-15(13)22-18/h3-7,9H,8H2,1-2H3,(H,21,22). The molecule has 1 N–H and O–H groups in total. The molecule has 0 atom stereocenters. The van der Waals surface area contributed by atoms with Gasteiger partial charge in [0.05, 0.1) is 17.9 Å². The molecule has 0 saturated heterocycles. The molecule has 114 valence electrons. The Morgan fingerprint density at radius 1 is 1.13 bits per heavy atom. The molecule has 1 aromatic carbocycles. The molecule has 5 heteroatoms. The average Bonchev–Trinajstić information content (AvgIpc) is 2.78. The van der Waals surface area contributed by atoms with Crippen molar-refractivity contribution in [2.75, 3.05) is 11.9 Å². The fourth-order valence-corrected chi connectivity index (χ4v) is 3.03. The van der Waals surface area contributed by atoms with Gasteiger partial charge in [-0.1, -0.05) is 29.8 Å². The monoisotopic (exact) mass is 322 g/mol. The van der Waals surface area contributed by atoms with Gasteiger partial charge in [-0.05, 0) is 31.6 Å². The second-order valence-corrected chi connectivity index (χ2v) is 6.14. The lowest BCUT2D eigenvalue weighted by Crippen LogP contribution is -2.11. The van der Waals surface area contributed by atoms with Crippen LogP contribution in [-0.2, 0) is 0 Å². The Bertz CT molecular complexity index is 909. The van der Waals surface area contributed by atoms with Crippen molar-refractivity contribution in [3.8, 4) is 0 Å². The quantitative estimate of drug-likeness (QED) is 0.863. The number of benzene rings is 1. The molecule has 1 aromatic heterocycles. The summed E-state index contributed by atoms with van der Waals surface area (Å²) in [5.41, 5.74) is 6.60. The summed E-state index contributed by atoms with van der Waals surface area (Å²) in [4.78, 5) is 13.9. The van der Waals surface area contributed by atoms with Crippen LogP contribution < -0.4 is 5.32 Å². The maximum Gasteiger partial charge on any atom is 0.152 e. The highest BCUT2D eigenvalue weighted by molar-refractivity contribution is 6.36. The van der Waals surface area contributed by atoms with E-state index in [9.17, 15) is 0 Å². The Kier molecular flexibility index (Phi) is 3.27. The lowest BCUT2D eigenvalue weighted by Gasteiger charge is -2.11. The van der Waals surface area contributed by atoms with E-state index >= 15 is 0 Å². The van der Waals surface area contributed by atoms with E-state index < -0.39 is 0 Å². The maximum absolute atomic E-state index is 6.42. The molecule has 23 heavy (non-hydrogen) atoms. The number of halogens is 1. The summed E-state index contributed by atoms with van der Waals surface area (Å²) in [6.45, 7) is 4.70. The number of aromatic nitrogens is 1. The van der Waals surface area contributed by atoms with Gasteiger partial charge in [0.2, 0.25) is 0 Å². The van der Waals surface area contributed by atoms with E-state index in [2.05, 4.69) is 22.2 Å². The highest BCUT2D eigenvalue weighted by atomic mass is 35.5. The highest BCUT2D eigenvalue weighted by Gasteiger charge is 2.25. The molecule has 0 spiro atoms. The molecule has 2 aliphatic heterocycles. The molecule has 0 amide bonds. The van der Waals surface area contributed by atoms with E-state index in [0.717, 1.165) is 45.3 Å². The zero-order chi connectivity index (χ0) is 16.0. The topological polar surface area (TPSA) is 49.6 Å². The molecular formula is C18H15ClN4. The van der Waals surface area contributed by atoms with Gasteiger partial charge in [0.1, 0.15) is 5.70 Å². The van der Waals surface area contributed by atoms with Crippen molar-refractivity contribution < 1.29 is 0 Å². The summed E-state index contributed by atoms with van der Waals surface area (Å²) in [5.74, 6) is 0.816. The molecule has 0 radical (unpaired) electrons. The van der Waals surface area contributed by atoms with E-state index in [1.54, 1.807) is 0 Å². The predicted octanol–water partition coefficient (Wildman–Crippen LogP) is 3.99. The van der Waals surface area contributed by atoms with E-state index in [4.69, 9.17) is 16.6 Å². The van der Waals surface area contributed by atoms with Gasteiger partial charge in [-0.2, -0.15) is 0 Å². The second-order valence-electron chi connectivity index (χ2n) is 5.73. The van der Waals surface area contributed by atoms with Gasteiger partial charge < -0.3 is 5.32 Å². The number of anilines is 1. The minimum atomic E-state index is 0.675. The minimum Gasteiger partial charge on any atom is -0.338 e. The van der Waals surface area contributed by atoms with Crippen LogP contribution in [0.15, 0.2) is 57.8 Å². The third-order valence-electron chi connectivity index (χ3n) is 4.00. The lowest BCUT2D eigenvalue weighted by molar-refractivity contribution is 1.16. The number of amidine groups is 1. The van der Waals surface area contributed by atoms with Crippen LogP contribution in [0.1, 0.15) is 23.7 Å². The van der Waals surface area contributed by atoms with Crippen molar-refractivity contribution in [1.29, 1.82) is 0 Å². The number of hydrogen-bond donors (Lipinski definition) is 1. The molecule has 2 aromatic rings. The van der Waals surface area contributed by atoms with E-state index in [-0.39, 0.29) is 0 Å². The third kappa shape index (κ3) is 2.35. The van der Waals surface area contributed by atoms with E-state index in [1.807, 2.05) is 43.5 Å². The average molecular weight is 323 g/mol. The molecule has 4 rings (SSSR count). The van der Waals surface area contributed by atoms with Gasteiger partial charge >= 0.3 is 0 Å². The molecule has 0 fully saturated rings.